The van der Waals surface area contributed by atoms with Gasteiger partial charge in [-0.2, -0.15) is 0 Å². The number of ether oxygens (including phenoxy) is 2. The molecule has 2 aliphatic rings. The van der Waals surface area contributed by atoms with Gasteiger partial charge in [0.1, 0.15) is 0 Å². The summed E-state index contributed by atoms with van der Waals surface area (Å²) in [6.07, 6.45) is 0. The molecular formula is C87H57N5O2. The van der Waals surface area contributed by atoms with Gasteiger partial charge in [0.2, 0.25) is 0 Å². The van der Waals surface area contributed by atoms with E-state index in [2.05, 4.69) is 228 Å². The van der Waals surface area contributed by atoms with Gasteiger partial charge in [-0.3, -0.25) is 0 Å². The Morgan fingerprint density at radius 3 is 0.734 bits per heavy atom. The molecule has 7 heteroatoms. The third-order valence-corrected chi connectivity index (χ3v) is 17.7. The molecule has 0 amide bonds. The molecule has 0 aliphatic carbocycles. The predicted octanol–water partition coefficient (Wildman–Crippen LogP) is 23.8. The highest BCUT2D eigenvalue weighted by molar-refractivity contribution is 6.34. The summed E-state index contributed by atoms with van der Waals surface area (Å²) >= 11 is 0. The molecule has 0 unspecified atom stereocenters. The molecule has 7 nitrogen and oxygen atoms in total. The molecule has 2 aliphatic heterocycles. The van der Waals surface area contributed by atoms with Crippen LogP contribution in [0.1, 0.15) is 0 Å². The third kappa shape index (κ3) is 9.92. The molecule has 0 bridgehead atoms. The number of nitrogens with zero attached hydrogens (tertiary/aromatic N) is 5. The normalized spacial score (nSPS) is 12.0. The van der Waals surface area contributed by atoms with Crippen LogP contribution in [-0.2, 0) is 0 Å². The van der Waals surface area contributed by atoms with Gasteiger partial charge in [-0.05, 0) is 150 Å². The SMILES string of the molecule is c1ccc(-c2c3ccccc3c(-c3ccccc3)c3c(-c4ccccc4)c4ccccc4c(-c4ccccc4)c23)cc1.c1ccc(-c2nc(-c3cccc(N4c5ccccc5Oc5ccccc54)c3)nc(-c3cccc(N4c5ccccc5Oc5ccccc54)c3)n2)cc1. The van der Waals surface area contributed by atoms with E-state index in [0.29, 0.717) is 17.5 Å². The Hall–Kier alpha value is -12.7. The average Bonchev–Trinajstić information content (AvgIpc) is 0.703. The highest BCUT2D eigenvalue weighted by Gasteiger charge is 2.30. The van der Waals surface area contributed by atoms with Crippen molar-refractivity contribution in [3.8, 4) is 102 Å². The van der Waals surface area contributed by atoms with Gasteiger partial charge in [-0.25, -0.2) is 15.0 Å². The maximum atomic E-state index is 6.28. The zero-order chi connectivity index (χ0) is 62.3. The van der Waals surface area contributed by atoms with Crippen LogP contribution in [0.5, 0.6) is 23.0 Å². The second-order valence-corrected chi connectivity index (χ2v) is 23.3. The van der Waals surface area contributed by atoms with Crippen molar-refractivity contribution in [3.05, 3.63) is 346 Å². The van der Waals surface area contributed by atoms with Crippen LogP contribution in [0.25, 0.3) is 111 Å². The van der Waals surface area contributed by atoms with Crippen molar-refractivity contribution in [2.24, 2.45) is 0 Å². The van der Waals surface area contributed by atoms with Gasteiger partial charge in [-0.15, -0.1) is 0 Å². The van der Waals surface area contributed by atoms with Gasteiger partial charge < -0.3 is 19.3 Å². The maximum Gasteiger partial charge on any atom is 0.164 e. The van der Waals surface area contributed by atoms with Crippen LogP contribution in [0.4, 0.5) is 34.1 Å². The van der Waals surface area contributed by atoms with Crippen molar-refractivity contribution in [3.63, 3.8) is 0 Å². The number of anilines is 6. The fourth-order valence-corrected chi connectivity index (χ4v) is 13.6. The number of benzene rings is 15. The van der Waals surface area contributed by atoms with E-state index in [1.54, 1.807) is 0 Å². The van der Waals surface area contributed by atoms with E-state index < -0.39 is 0 Å². The van der Waals surface area contributed by atoms with Crippen LogP contribution < -0.4 is 19.3 Å². The average molecular weight is 1200 g/mol. The van der Waals surface area contributed by atoms with Crippen LogP contribution in [0.3, 0.4) is 0 Å². The summed E-state index contributed by atoms with van der Waals surface area (Å²) in [4.78, 5) is 19.7. The van der Waals surface area contributed by atoms with Gasteiger partial charge in [0.15, 0.2) is 40.5 Å². The van der Waals surface area contributed by atoms with Gasteiger partial charge in [0.05, 0.1) is 22.7 Å². The molecule has 0 atom stereocenters. The third-order valence-electron chi connectivity index (χ3n) is 17.7. The summed E-state index contributed by atoms with van der Waals surface area (Å²) in [5.74, 6) is 4.94. The highest BCUT2D eigenvalue weighted by atomic mass is 16.5. The Labute approximate surface area is 545 Å². The summed E-state index contributed by atoms with van der Waals surface area (Å²) in [6, 6.07) is 121. The number of rotatable bonds is 9. The molecule has 0 radical (unpaired) electrons. The van der Waals surface area contributed by atoms with E-state index in [0.717, 1.165) is 73.8 Å². The molecule has 94 heavy (non-hydrogen) atoms. The number of hydrogen-bond acceptors (Lipinski definition) is 7. The van der Waals surface area contributed by atoms with Gasteiger partial charge >= 0.3 is 0 Å². The second kappa shape index (κ2) is 23.9. The predicted molar refractivity (Wildman–Crippen MR) is 386 cm³/mol. The molecule has 442 valence electrons. The van der Waals surface area contributed by atoms with Crippen molar-refractivity contribution >= 4 is 66.4 Å². The van der Waals surface area contributed by atoms with Crippen LogP contribution in [0.2, 0.25) is 0 Å². The van der Waals surface area contributed by atoms with E-state index in [-0.39, 0.29) is 0 Å². The van der Waals surface area contributed by atoms with Gasteiger partial charge in [0.25, 0.3) is 0 Å². The molecule has 16 aromatic rings. The molecule has 1 aromatic heterocycles. The van der Waals surface area contributed by atoms with Crippen molar-refractivity contribution in [2.75, 3.05) is 9.80 Å². The smallest absolute Gasteiger partial charge is 0.164 e. The lowest BCUT2D eigenvalue weighted by atomic mass is 9.77. The Kier molecular flexibility index (Phi) is 14.1. The van der Waals surface area contributed by atoms with E-state index in [4.69, 9.17) is 24.4 Å². The fraction of sp³-hybridized carbons (Fsp3) is 0. The topological polar surface area (TPSA) is 63.6 Å². The summed E-state index contributed by atoms with van der Waals surface area (Å²) in [7, 11) is 0. The molecule has 0 saturated heterocycles. The number of hydrogen-bond donors (Lipinski definition) is 0. The fourth-order valence-electron chi connectivity index (χ4n) is 13.6. The zero-order valence-corrected chi connectivity index (χ0v) is 51.0. The number of fused-ring (bicyclic) bond motifs is 7. The summed E-state index contributed by atoms with van der Waals surface area (Å²) in [5.41, 5.74) is 18.5. The van der Waals surface area contributed by atoms with E-state index in [9.17, 15) is 0 Å². The van der Waals surface area contributed by atoms with E-state index >= 15 is 0 Å². The first-order valence-corrected chi connectivity index (χ1v) is 31.7. The Balaban J connectivity index is 0.000000146. The van der Waals surface area contributed by atoms with Gasteiger partial charge in [-0.1, -0.05) is 273 Å². The summed E-state index contributed by atoms with van der Waals surface area (Å²) < 4.78 is 12.6. The lowest BCUT2D eigenvalue weighted by Gasteiger charge is -2.33. The van der Waals surface area contributed by atoms with Crippen LogP contribution in [0, 0.1) is 0 Å². The quantitative estimate of drug-likeness (QED) is 0.133. The van der Waals surface area contributed by atoms with Crippen LogP contribution in [-0.4, -0.2) is 15.0 Å². The monoisotopic (exact) mass is 1200 g/mol. The summed E-state index contributed by atoms with van der Waals surface area (Å²) in [6.45, 7) is 0. The molecule has 0 saturated carbocycles. The largest absolute Gasteiger partial charge is 0.453 e. The number of aromatic nitrogens is 3. The first kappa shape index (κ1) is 55.4. The van der Waals surface area contributed by atoms with Crippen molar-refractivity contribution in [2.45, 2.75) is 0 Å². The van der Waals surface area contributed by atoms with E-state index in [1.165, 1.54) is 76.8 Å². The van der Waals surface area contributed by atoms with Crippen LogP contribution in [0.15, 0.2) is 346 Å². The minimum Gasteiger partial charge on any atom is -0.453 e. The minimum absolute atomic E-state index is 0.577. The number of para-hydroxylation sites is 8. The van der Waals surface area contributed by atoms with Gasteiger partial charge in [0, 0.05) is 28.1 Å². The summed E-state index contributed by atoms with van der Waals surface area (Å²) in [5, 5.41) is 7.65. The zero-order valence-electron chi connectivity index (χ0n) is 51.0. The lowest BCUT2D eigenvalue weighted by molar-refractivity contribution is 0.477. The lowest BCUT2D eigenvalue weighted by Crippen LogP contribution is -2.15. The van der Waals surface area contributed by atoms with Crippen molar-refractivity contribution in [1.29, 1.82) is 0 Å². The molecule has 0 N–H and O–H groups in total. The Morgan fingerprint density at radius 2 is 0.436 bits per heavy atom. The van der Waals surface area contributed by atoms with E-state index in [1.807, 2.05) is 127 Å². The Bertz CT molecular complexity index is 4950. The molecule has 18 rings (SSSR count). The van der Waals surface area contributed by atoms with Crippen LogP contribution >= 0.6 is 0 Å². The highest BCUT2D eigenvalue weighted by Crippen LogP contribution is 2.55. The molecule has 3 heterocycles. The van der Waals surface area contributed by atoms with Crippen molar-refractivity contribution in [1.82, 2.24) is 15.0 Å². The molecule has 0 fully saturated rings. The first-order valence-electron chi connectivity index (χ1n) is 31.7. The Morgan fingerprint density at radius 1 is 0.202 bits per heavy atom. The minimum atomic E-state index is 0.577. The second-order valence-electron chi connectivity index (χ2n) is 23.3. The van der Waals surface area contributed by atoms with Crippen molar-refractivity contribution < 1.29 is 9.47 Å². The molecular weight excluding hydrogens is 1150 g/mol. The standard InChI is InChI=1S/C45H29N5O2.C42H28/c1-2-14-30(15-3-1)43-46-44(31-16-12-18-33(28-31)49-35-20-4-8-24-39(35)51-40-25-9-5-21-36(40)49)48-45(47-43)32-17-13-19-34(29-32)50-37-22-6-10-26-41(37)52-42-27-11-7-23-38(42)50;1-5-17-29(18-6-1)37-33-25-13-14-26-34(33)39(31-21-9-3-10-22-31)42-40(32-23-11-4-12-24-32)36-28-16-15-27-35(36)38(41(37)42)30-19-7-2-8-20-30/h1-29H;1-28H. The molecule has 15 aromatic carbocycles. The molecule has 0 spiro atoms. The first-order chi connectivity index (χ1) is 46.7. The maximum absolute atomic E-state index is 6.28.